The molecule has 1 aromatic carbocycles. The van der Waals surface area contributed by atoms with Crippen molar-refractivity contribution in [2.45, 2.75) is 77.3 Å². The van der Waals surface area contributed by atoms with Gasteiger partial charge in [-0.3, -0.25) is 9.59 Å². The standard InChI is InChI=1S/C23H35N3O6S/c1-16(2)15-26(33(30,31)19-12-10-18(11-13-19)24-17(3)27)20-9-7-8-14-25(21(20)28)22(29)32-23(4,5)6/h10-13,16,20H,7-9,14-15H2,1-6H3,(H,24,27). The zero-order chi connectivity index (χ0) is 25.0. The molecule has 0 aromatic heterocycles. The molecule has 0 radical (unpaired) electrons. The van der Waals surface area contributed by atoms with Crippen LogP contribution in [0.25, 0.3) is 0 Å². The van der Waals surface area contributed by atoms with Crippen LogP contribution >= 0.6 is 0 Å². The molecule has 1 fully saturated rings. The van der Waals surface area contributed by atoms with Gasteiger partial charge in [-0.05, 0) is 70.2 Å². The van der Waals surface area contributed by atoms with Crippen LogP contribution < -0.4 is 5.32 Å². The third-order valence-electron chi connectivity index (χ3n) is 4.95. The number of anilines is 1. The number of carbonyl (C=O) groups is 3. The van der Waals surface area contributed by atoms with Crippen LogP contribution in [-0.4, -0.2) is 60.3 Å². The lowest BCUT2D eigenvalue weighted by molar-refractivity contribution is -0.134. The predicted octanol–water partition coefficient (Wildman–Crippen LogP) is 3.61. The quantitative estimate of drug-likeness (QED) is 0.664. The molecule has 1 N–H and O–H groups in total. The number of imide groups is 1. The number of likely N-dealkylation sites (tertiary alicyclic amines) is 1. The number of benzene rings is 1. The van der Waals surface area contributed by atoms with Gasteiger partial charge in [-0.1, -0.05) is 13.8 Å². The summed E-state index contributed by atoms with van der Waals surface area (Å²) in [5, 5.41) is 2.60. The van der Waals surface area contributed by atoms with E-state index < -0.39 is 33.7 Å². The van der Waals surface area contributed by atoms with Crippen LogP contribution in [0.4, 0.5) is 10.5 Å². The van der Waals surface area contributed by atoms with Gasteiger partial charge < -0.3 is 10.1 Å². The second-order valence-electron chi connectivity index (χ2n) is 9.66. The molecule has 1 atom stereocenters. The van der Waals surface area contributed by atoms with Gasteiger partial charge in [0, 0.05) is 25.7 Å². The van der Waals surface area contributed by atoms with Gasteiger partial charge in [-0.25, -0.2) is 18.1 Å². The molecule has 33 heavy (non-hydrogen) atoms. The van der Waals surface area contributed by atoms with E-state index in [0.717, 1.165) is 4.90 Å². The van der Waals surface area contributed by atoms with Crippen LogP contribution in [-0.2, 0) is 24.3 Å². The van der Waals surface area contributed by atoms with Crippen molar-refractivity contribution in [3.05, 3.63) is 24.3 Å². The molecular weight excluding hydrogens is 446 g/mol. The fourth-order valence-corrected chi connectivity index (χ4v) is 5.36. The highest BCUT2D eigenvalue weighted by atomic mass is 32.2. The van der Waals surface area contributed by atoms with Gasteiger partial charge >= 0.3 is 6.09 Å². The Hall–Kier alpha value is -2.46. The fourth-order valence-electron chi connectivity index (χ4n) is 3.59. The number of ether oxygens (including phenoxy) is 1. The zero-order valence-corrected chi connectivity index (χ0v) is 21.1. The highest BCUT2D eigenvalue weighted by Gasteiger charge is 2.41. The second-order valence-corrected chi connectivity index (χ2v) is 11.5. The van der Waals surface area contributed by atoms with Crippen molar-refractivity contribution in [3.63, 3.8) is 0 Å². The SMILES string of the molecule is CC(=O)Nc1ccc(S(=O)(=O)N(CC(C)C)C2CCCCN(C(=O)OC(C)(C)C)C2=O)cc1. The molecular formula is C23H35N3O6S. The van der Waals surface area contributed by atoms with Crippen LogP contribution in [0.15, 0.2) is 29.2 Å². The summed E-state index contributed by atoms with van der Waals surface area (Å²) in [5.41, 5.74) is -0.308. The second kappa shape index (κ2) is 10.6. The Labute approximate surface area is 196 Å². The van der Waals surface area contributed by atoms with E-state index in [4.69, 9.17) is 4.74 Å². The van der Waals surface area contributed by atoms with Crippen molar-refractivity contribution >= 4 is 33.6 Å². The molecule has 1 aromatic rings. The van der Waals surface area contributed by atoms with Crippen LogP contribution in [0.3, 0.4) is 0 Å². The lowest BCUT2D eigenvalue weighted by Gasteiger charge is -2.33. The molecule has 0 aliphatic carbocycles. The highest BCUT2D eigenvalue weighted by molar-refractivity contribution is 7.89. The fraction of sp³-hybridized carbons (Fsp3) is 0.609. The number of nitrogens with one attached hydrogen (secondary N) is 1. The number of carbonyl (C=O) groups excluding carboxylic acids is 3. The molecule has 0 spiro atoms. The average Bonchev–Trinajstić information content (AvgIpc) is 2.86. The average molecular weight is 482 g/mol. The summed E-state index contributed by atoms with van der Waals surface area (Å²) >= 11 is 0. The largest absolute Gasteiger partial charge is 0.443 e. The summed E-state index contributed by atoms with van der Waals surface area (Å²) in [6.07, 6.45) is 0.721. The first-order valence-corrected chi connectivity index (χ1v) is 12.6. The third kappa shape index (κ3) is 7.26. The highest BCUT2D eigenvalue weighted by Crippen LogP contribution is 2.27. The molecule has 3 amide bonds. The molecule has 1 aliphatic heterocycles. The summed E-state index contributed by atoms with van der Waals surface area (Å²) in [5.74, 6) is -0.886. The maximum absolute atomic E-state index is 13.6. The van der Waals surface area contributed by atoms with E-state index in [1.807, 2.05) is 13.8 Å². The summed E-state index contributed by atoms with van der Waals surface area (Å²) < 4.78 is 33.8. The summed E-state index contributed by atoms with van der Waals surface area (Å²) in [6, 6.07) is 4.80. The first kappa shape index (κ1) is 26.8. The summed E-state index contributed by atoms with van der Waals surface area (Å²) in [4.78, 5) is 38.4. The maximum atomic E-state index is 13.6. The van der Waals surface area contributed by atoms with Gasteiger partial charge in [-0.2, -0.15) is 4.31 Å². The molecule has 1 saturated heterocycles. The smallest absolute Gasteiger partial charge is 0.417 e. The van der Waals surface area contributed by atoms with E-state index in [0.29, 0.717) is 24.9 Å². The normalized spacial score (nSPS) is 17.8. The van der Waals surface area contributed by atoms with Crippen molar-refractivity contribution < 1.29 is 27.5 Å². The van der Waals surface area contributed by atoms with E-state index in [9.17, 15) is 22.8 Å². The molecule has 0 saturated carbocycles. The molecule has 0 bridgehead atoms. The lowest BCUT2D eigenvalue weighted by Crippen LogP contribution is -2.53. The number of hydrogen-bond acceptors (Lipinski definition) is 6. The van der Waals surface area contributed by atoms with Gasteiger partial charge in [-0.15, -0.1) is 0 Å². The summed E-state index contributed by atoms with van der Waals surface area (Å²) in [6.45, 7) is 10.5. The van der Waals surface area contributed by atoms with Gasteiger partial charge in [0.25, 0.3) is 0 Å². The Morgan fingerprint density at radius 1 is 1.18 bits per heavy atom. The van der Waals surface area contributed by atoms with E-state index in [1.54, 1.807) is 20.8 Å². The van der Waals surface area contributed by atoms with Crippen LogP contribution in [0.5, 0.6) is 0 Å². The number of sulfonamides is 1. The molecule has 2 rings (SSSR count). The monoisotopic (exact) mass is 481 g/mol. The van der Waals surface area contributed by atoms with Crippen molar-refractivity contribution in [1.82, 2.24) is 9.21 Å². The Morgan fingerprint density at radius 3 is 2.30 bits per heavy atom. The number of nitrogens with zero attached hydrogens (tertiary/aromatic N) is 2. The number of hydrogen-bond donors (Lipinski definition) is 1. The van der Waals surface area contributed by atoms with E-state index >= 15 is 0 Å². The Balaban J connectivity index is 2.41. The van der Waals surface area contributed by atoms with Gasteiger partial charge in [0.15, 0.2) is 0 Å². The minimum Gasteiger partial charge on any atom is -0.443 e. The lowest BCUT2D eigenvalue weighted by atomic mass is 10.1. The molecule has 10 heteroatoms. The van der Waals surface area contributed by atoms with Crippen molar-refractivity contribution in [2.75, 3.05) is 18.4 Å². The Bertz CT molecular complexity index is 967. The number of rotatable bonds is 6. The maximum Gasteiger partial charge on any atom is 0.417 e. The van der Waals surface area contributed by atoms with E-state index in [1.165, 1.54) is 35.5 Å². The Morgan fingerprint density at radius 2 is 1.79 bits per heavy atom. The van der Waals surface area contributed by atoms with E-state index in [-0.39, 0.29) is 29.8 Å². The Kier molecular flexibility index (Phi) is 8.64. The third-order valence-corrected chi connectivity index (χ3v) is 6.84. The van der Waals surface area contributed by atoms with Crippen molar-refractivity contribution in [3.8, 4) is 0 Å². The zero-order valence-electron chi connectivity index (χ0n) is 20.3. The summed E-state index contributed by atoms with van der Waals surface area (Å²) in [7, 11) is -4.05. The van der Waals surface area contributed by atoms with Gasteiger partial charge in [0.2, 0.25) is 21.8 Å². The molecule has 1 heterocycles. The molecule has 1 aliphatic rings. The van der Waals surface area contributed by atoms with Crippen LogP contribution in [0.2, 0.25) is 0 Å². The van der Waals surface area contributed by atoms with Crippen LogP contribution in [0.1, 0.15) is 60.8 Å². The van der Waals surface area contributed by atoms with Crippen molar-refractivity contribution in [1.29, 1.82) is 0 Å². The molecule has 184 valence electrons. The topological polar surface area (TPSA) is 113 Å². The minimum absolute atomic E-state index is 0.0121. The molecule has 1 unspecified atom stereocenters. The molecule has 9 nitrogen and oxygen atoms in total. The first-order valence-electron chi connectivity index (χ1n) is 11.2. The minimum atomic E-state index is -4.05. The van der Waals surface area contributed by atoms with Gasteiger partial charge in [0.05, 0.1) is 4.90 Å². The first-order chi connectivity index (χ1) is 15.2. The van der Waals surface area contributed by atoms with E-state index in [2.05, 4.69) is 5.32 Å². The van der Waals surface area contributed by atoms with Gasteiger partial charge in [0.1, 0.15) is 11.6 Å². The predicted molar refractivity (Wildman–Crippen MR) is 125 cm³/mol. The van der Waals surface area contributed by atoms with Crippen LogP contribution in [0, 0.1) is 5.92 Å². The van der Waals surface area contributed by atoms with Crippen molar-refractivity contribution in [2.24, 2.45) is 5.92 Å². The number of amides is 3.